The number of nitrogens with zero attached hydrogens (tertiary/aromatic N) is 1. The fourth-order valence-corrected chi connectivity index (χ4v) is 3.55. The summed E-state index contributed by atoms with van der Waals surface area (Å²) in [5.41, 5.74) is 2.70. The van der Waals surface area contributed by atoms with E-state index in [1.165, 1.54) is 13.1 Å². The highest BCUT2D eigenvalue weighted by Gasteiger charge is 2.19. The molecule has 3 rings (SSSR count). The van der Waals surface area contributed by atoms with Crippen molar-refractivity contribution >= 4 is 33.1 Å². The molecule has 0 aromatic heterocycles. The number of para-hydroxylation sites is 1. The zero-order valence-corrected chi connectivity index (χ0v) is 17.7. The van der Waals surface area contributed by atoms with Crippen LogP contribution in [-0.4, -0.2) is 33.4 Å². The van der Waals surface area contributed by atoms with Crippen LogP contribution in [0.1, 0.15) is 31.8 Å². The minimum absolute atomic E-state index is 0.201. The van der Waals surface area contributed by atoms with Gasteiger partial charge in [-0.1, -0.05) is 48.5 Å². The number of hydrogen-bond donors (Lipinski definition) is 1. The van der Waals surface area contributed by atoms with Crippen molar-refractivity contribution in [2.75, 3.05) is 22.9 Å². The van der Waals surface area contributed by atoms with Gasteiger partial charge >= 0.3 is 0 Å². The monoisotopic (exact) mass is 422 g/mol. The highest BCUT2D eigenvalue weighted by atomic mass is 32.2. The van der Waals surface area contributed by atoms with Crippen LogP contribution in [0, 0.1) is 6.92 Å². The second-order valence-electron chi connectivity index (χ2n) is 6.93. The maximum absolute atomic E-state index is 12.9. The van der Waals surface area contributed by atoms with Gasteiger partial charge in [-0.05, 0) is 36.8 Å². The summed E-state index contributed by atoms with van der Waals surface area (Å²) < 4.78 is 24.9. The first-order valence-corrected chi connectivity index (χ1v) is 11.1. The zero-order chi connectivity index (χ0) is 21.9. The van der Waals surface area contributed by atoms with Crippen LogP contribution in [0.3, 0.4) is 0 Å². The molecule has 0 fully saturated rings. The fraction of sp³-hybridized carbons (Fsp3) is 0.130. The molecule has 0 atom stereocenters. The van der Waals surface area contributed by atoms with Crippen LogP contribution in [0.25, 0.3) is 0 Å². The molecular weight excluding hydrogens is 400 g/mol. The lowest BCUT2D eigenvalue weighted by Crippen LogP contribution is -2.26. The Balaban J connectivity index is 1.92. The average Bonchev–Trinajstić information content (AvgIpc) is 2.73. The Morgan fingerprint density at radius 1 is 0.867 bits per heavy atom. The molecule has 3 aromatic rings. The molecule has 154 valence electrons. The highest BCUT2D eigenvalue weighted by Crippen LogP contribution is 2.24. The number of anilines is 2. The summed E-state index contributed by atoms with van der Waals surface area (Å²) >= 11 is 0. The molecular formula is C23H22N2O4S. The van der Waals surface area contributed by atoms with E-state index in [1.54, 1.807) is 67.6 Å². The molecule has 0 saturated heterocycles. The van der Waals surface area contributed by atoms with Gasteiger partial charge in [0.2, 0.25) is 10.0 Å². The highest BCUT2D eigenvalue weighted by molar-refractivity contribution is 7.92. The van der Waals surface area contributed by atoms with E-state index in [1.807, 2.05) is 6.07 Å². The van der Waals surface area contributed by atoms with E-state index in [0.29, 0.717) is 22.5 Å². The maximum atomic E-state index is 12.9. The summed E-state index contributed by atoms with van der Waals surface area (Å²) in [5.74, 6) is -0.639. The molecule has 1 amide bonds. The number of carbonyl (C=O) groups excluding carboxylic acids is 2. The van der Waals surface area contributed by atoms with Crippen LogP contribution in [0.15, 0.2) is 72.8 Å². The Morgan fingerprint density at radius 3 is 2.17 bits per heavy atom. The Labute approximate surface area is 176 Å². The predicted octanol–water partition coefficient (Wildman–Crippen LogP) is 3.87. The number of hydrogen-bond acceptors (Lipinski definition) is 4. The average molecular weight is 423 g/mol. The predicted molar refractivity (Wildman–Crippen MR) is 119 cm³/mol. The number of ketones is 1. The molecule has 7 heteroatoms. The summed E-state index contributed by atoms with van der Waals surface area (Å²) in [6, 6.07) is 20.4. The van der Waals surface area contributed by atoms with E-state index in [-0.39, 0.29) is 11.3 Å². The van der Waals surface area contributed by atoms with E-state index >= 15 is 0 Å². The normalized spacial score (nSPS) is 11.0. The molecule has 1 N–H and O–H groups in total. The van der Waals surface area contributed by atoms with Crippen molar-refractivity contribution in [2.45, 2.75) is 6.92 Å². The Morgan fingerprint density at radius 2 is 1.50 bits per heavy atom. The minimum atomic E-state index is -3.47. The van der Waals surface area contributed by atoms with Gasteiger partial charge in [0.25, 0.3) is 5.91 Å². The zero-order valence-electron chi connectivity index (χ0n) is 16.9. The number of benzene rings is 3. The van der Waals surface area contributed by atoms with Gasteiger partial charge in [-0.15, -0.1) is 0 Å². The van der Waals surface area contributed by atoms with Gasteiger partial charge in [0, 0.05) is 23.7 Å². The summed E-state index contributed by atoms with van der Waals surface area (Å²) in [7, 11) is -2.03. The van der Waals surface area contributed by atoms with Gasteiger partial charge in [0.15, 0.2) is 5.78 Å². The molecule has 0 aliphatic rings. The van der Waals surface area contributed by atoms with E-state index < -0.39 is 15.9 Å². The molecule has 0 unspecified atom stereocenters. The lowest BCUT2D eigenvalue weighted by molar-refractivity contribution is 0.102. The molecule has 0 spiro atoms. The summed E-state index contributed by atoms with van der Waals surface area (Å²) in [6.07, 6.45) is 1.10. The Kier molecular flexibility index (Phi) is 6.03. The van der Waals surface area contributed by atoms with Crippen molar-refractivity contribution in [1.29, 1.82) is 0 Å². The van der Waals surface area contributed by atoms with Crippen molar-refractivity contribution in [3.63, 3.8) is 0 Å². The van der Waals surface area contributed by atoms with Crippen molar-refractivity contribution in [2.24, 2.45) is 0 Å². The first kappa shape index (κ1) is 21.3. The van der Waals surface area contributed by atoms with E-state index in [4.69, 9.17) is 0 Å². The Bertz CT molecular complexity index is 1200. The molecule has 0 aliphatic heterocycles. The van der Waals surface area contributed by atoms with Gasteiger partial charge in [-0.3, -0.25) is 13.9 Å². The third-order valence-corrected chi connectivity index (χ3v) is 5.96. The standard InChI is InChI=1S/C23H22N2O4S/c1-16-13-14-18(15-21(16)25(2)30(3,28)29)23(27)24-20-12-8-7-11-19(20)22(26)17-9-5-4-6-10-17/h4-15H,1-3H3,(H,24,27). The van der Waals surface area contributed by atoms with Crippen LogP contribution >= 0.6 is 0 Å². The van der Waals surface area contributed by atoms with E-state index in [2.05, 4.69) is 5.32 Å². The largest absolute Gasteiger partial charge is 0.321 e. The summed E-state index contributed by atoms with van der Waals surface area (Å²) in [6.45, 7) is 1.77. The van der Waals surface area contributed by atoms with Crippen molar-refractivity contribution in [1.82, 2.24) is 0 Å². The van der Waals surface area contributed by atoms with Crippen LogP contribution in [-0.2, 0) is 10.0 Å². The Hall–Kier alpha value is -3.45. The topological polar surface area (TPSA) is 83.6 Å². The number of sulfonamides is 1. The second-order valence-corrected chi connectivity index (χ2v) is 8.94. The van der Waals surface area contributed by atoms with Gasteiger partial charge < -0.3 is 5.32 Å². The summed E-state index contributed by atoms with van der Waals surface area (Å²) in [5, 5.41) is 2.77. The van der Waals surface area contributed by atoms with Gasteiger partial charge in [0.1, 0.15) is 0 Å². The second kappa shape index (κ2) is 8.51. The quantitative estimate of drug-likeness (QED) is 0.611. The van der Waals surface area contributed by atoms with Crippen LogP contribution in [0.2, 0.25) is 0 Å². The number of nitrogens with one attached hydrogen (secondary N) is 1. The third kappa shape index (κ3) is 4.58. The molecule has 0 saturated carbocycles. The van der Waals surface area contributed by atoms with Gasteiger partial charge in [-0.25, -0.2) is 8.42 Å². The molecule has 0 heterocycles. The molecule has 0 radical (unpaired) electrons. The fourth-order valence-electron chi connectivity index (χ4n) is 3.00. The van der Waals surface area contributed by atoms with Crippen molar-refractivity contribution in [3.05, 3.63) is 95.1 Å². The number of amides is 1. The van der Waals surface area contributed by atoms with Crippen molar-refractivity contribution in [3.8, 4) is 0 Å². The number of carbonyl (C=O) groups is 2. The molecule has 0 aliphatic carbocycles. The third-order valence-electron chi connectivity index (χ3n) is 4.76. The molecule has 3 aromatic carbocycles. The molecule has 0 bridgehead atoms. The van der Waals surface area contributed by atoms with Gasteiger partial charge in [0.05, 0.1) is 17.6 Å². The van der Waals surface area contributed by atoms with Gasteiger partial charge in [-0.2, -0.15) is 0 Å². The molecule has 6 nitrogen and oxygen atoms in total. The first-order valence-electron chi connectivity index (χ1n) is 9.23. The molecule has 30 heavy (non-hydrogen) atoms. The smallest absolute Gasteiger partial charge is 0.255 e. The van der Waals surface area contributed by atoms with Crippen LogP contribution in [0.5, 0.6) is 0 Å². The number of rotatable bonds is 6. The minimum Gasteiger partial charge on any atom is -0.321 e. The summed E-state index contributed by atoms with van der Waals surface area (Å²) in [4.78, 5) is 25.7. The van der Waals surface area contributed by atoms with Crippen LogP contribution < -0.4 is 9.62 Å². The number of aryl methyl sites for hydroxylation is 1. The van der Waals surface area contributed by atoms with E-state index in [0.717, 1.165) is 16.1 Å². The SMILES string of the molecule is Cc1ccc(C(=O)Nc2ccccc2C(=O)c2ccccc2)cc1N(C)S(C)(=O)=O. The maximum Gasteiger partial charge on any atom is 0.255 e. The van der Waals surface area contributed by atoms with Crippen LogP contribution in [0.4, 0.5) is 11.4 Å². The lowest BCUT2D eigenvalue weighted by Gasteiger charge is -2.20. The van der Waals surface area contributed by atoms with E-state index in [9.17, 15) is 18.0 Å². The van der Waals surface area contributed by atoms with Crippen molar-refractivity contribution < 1.29 is 18.0 Å². The first-order chi connectivity index (χ1) is 14.2. The lowest BCUT2D eigenvalue weighted by atomic mass is 10.0.